The molecule has 7 nitrogen and oxygen atoms in total. The van der Waals surface area contributed by atoms with E-state index in [2.05, 4.69) is 20.9 Å². The number of carbonyl (C=O) groups excluding carboxylic acids is 3. The number of hydrogen-bond donors (Lipinski definition) is 3. The number of rotatable bonds is 10. The van der Waals surface area contributed by atoms with E-state index in [1.165, 1.54) is 29.2 Å². The van der Waals surface area contributed by atoms with Crippen molar-refractivity contribution in [2.45, 2.75) is 30.4 Å². The van der Waals surface area contributed by atoms with Gasteiger partial charge in [-0.15, -0.1) is 11.8 Å². The average Bonchev–Trinajstić information content (AvgIpc) is 3.43. The minimum Gasteiger partial charge on any atom is -0.321 e. The Hall–Kier alpha value is -4.15. The first-order chi connectivity index (χ1) is 21.7. The molecule has 0 saturated carbocycles. The maximum absolute atomic E-state index is 13.5. The summed E-state index contributed by atoms with van der Waals surface area (Å²) in [6.07, 6.45) is 2.06. The van der Waals surface area contributed by atoms with Gasteiger partial charge in [0.2, 0.25) is 5.91 Å². The molecule has 0 spiro atoms. The molecule has 3 amide bonds. The van der Waals surface area contributed by atoms with Gasteiger partial charge in [0.1, 0.15) is 5.70 Å². The number of thioether (sulfide) groups is 1. The second kappa shape index (κ2) is 14.8. The van der Waals surface area contributed by atoms with Gasteiger partial charge >= 0.3 is 0 Å². The van der Waals surface area contributed by atoms with Gasteiger partial charge in [-0.05, 0) is 79.1 Å². The second-order valence-electron chi connectivity index (χ2n) is 10.00. The fraction of sp³-hybridized carbons (Fsp3) is 0.118. The monoisotopic (exact) mass is 674 g/mol. The first-order valence-corrected chi connectivity index (χ1v) is 16.4. The van der Waals surface area contributed by atoms with E-state index in [4.69, 9.17) is 23.2 Å². The van der Waals surface area contributed by atoms with Crippen LogP contribution in [0.1, 0.15) is 34.8 Å². The van der Waals surface area contributed by atoms with E-state index < -0.39 is 17.1 Å². The zero-order chi connectivity index (χ0) is 31.9. The van der Waals surface area contributed by atoms with Crippen molar-refractivity contribution in [3.63, 3.8) is 0 Å². The van der Waals surface area contributed by atoms with E-state index in [-0.39, 0.29) is 16.6 Å². The van der Waals surface area contributed by atoms with Crippen LogP contribution >= 0.6 is 46.3 Å². The number of aromatic nitrogens is 1. The molecule has 1 atom stereocenters. The van der Waals surface area contributed by atoms with Gasteiger partial charge in [0.05, 0.1) is 25.5 Å². The van der Waals surface area contributed by atoms with Gasteiger partial charge in [-0.2, -0.15) is 0 Å². The van der Waals surface area contributed by atoms with Gasteiger partial charge in [0.15, 0.2) is 5.13 Å². The van der Waals surface area contributed by atoms with Gasteiger partial charge in [0, 0.05) is 16.1 Å². The third-order valence-corrected chi connectivity index (χ3v) is 9.74. The Morgan fingerprint density at radius 1 is 0.933 bits per heavy atom. The minimum absolute atomic E-state index is 0.0251. The van der Waals surface area contributed by atoms with Crippen molar-refractivity contribution < 1.29 is 14.4 Å². The lowest BCUT2D eigenvalue weighted by Gasteiger charge is -2.15. The number of benzene rings is 4. The van der Waals surface area contributed by atoms with Crippen LogP contribution in [0.3, 0.4) is 0 Å². The number of fused-ring (bicyclic) bond motifs is 1. The van der Waals surface area contributed by atoms with Crippen molar-refractivity contribution in [1.82, 2.24) is 10.3 Å². The average molecular weight is 676 g/mol. The van der Waals surface area contributed by atoms with Crippen molar-refractivity contribution in [2.24, 2.45) is 0 Å². The normalized spacial score (nSPS) is 12.0. The summed E-state index contributed by atoms with van der Waals surface area (Å²) in [5.74, 6) is -1.17. The Kier molecular flexibility index (Phi) is 10.6. The van der Waals surface area contributed by atoms with Crippen LogP contribution in [-0.2, 0) is 9.59 Å². The summed E-state index contributed by atoms with van der Waals surface area (Å²) in [6, 6.07) is 26.8. The van der Waals surface area contributed by atoms with Crippen molar-refractivity contribution >= 4 is 91.1 Å². The molecule has 0 radical (unpaired) electrons. The van der Waals surface area contributed by atoms with Crippen LogP contribution in [0.2, 0.25) is 10.0 Å². The molecule has 1 unspecified atom stereocenters. The Morgan fingerprint density at radius 3 is 2.49 bits per heavy atom. The van der Waals surface area contributed by atoms with E-state index in [1.54, 1.807) is 66.7 Å². The predicted molar refractivity (Wildman–Crippen MR) is 186 cm³/mol. The van der Waals surface area contributed by atoms with Crippen LogP contribution in [0.4, 0.5) is 10.8 Å². The standard InChI is InChI=1S/C34H28Cl2N4O3S2/c1-3-28(33(43)40-34-39-26-16-15-20(2)17-29(26)45-34)44-24-13-8-12-23(19-24)37-32(42)27(18-22-11-7-14-25(35)30(22)36)38-31(41)21-9-5-4-6-10-21/h4-19,28H,3H2,1-2H3,(H,37,42)(H,38,41)(H,39,40,43)/b27-18+. The fourth-order valence-corrected chi connectivity index (χ4v) is 6.68. The third-order valence-electron chi connectivity index (χ3n) is 6.62. The number of carbonyl (C=O) groups is 3. The molecule has 0 aliphatic carbocycles. The molecule has 3 N–H and O–H groups in total. The lowest BCUT2D eigenvalue weighted by atomic mass is 10.1. The van der Waals surface area contributed by atoms with Crippen molar-refractivity contribution in [2.75, 3.05) is 10.6 Å². The predicted octanol–water partition coefficient (Wildman–Crippen LogP) is 8.83. The molecule has 11 heteroatoms. The van der Waals surface area contributed by atoms with Crippen LogP contribution in [-0.4, -0.2) is 28.0 Å². The summed E-state index contributed by atoms with van der Waals surface area (Å²) in [6.45, 7) is 3.96. The number of halogens is 2. The Labute approximate surface area is 279 Å². The summed E-state index contributed by atoms with van der Waals surface area (Å²) in [7, 11) is 0. The molecule has 1 heterocycles. The molecule has 5 aromatic rings. The van der Waals surface area contributed by atoms with Crippen molar-refractivity contribution in [3.05, 3.63) is 123 Å². The van der Waals surface area contributed by atoms with E-state index >= 15 is 0 Å². The molecular formula is C34H28Cl2N4O3S2. The fourth-order valence-electron chi connectivity index (χ4n) is 4.33. The highest BCUT2D eigenvalue weighted by molar-refractivity contribution is 8.00. The van der Waals surface area contributed by atoms with Crippen LogP contribution in [0, 0.1) is 6.92 Å². The highest BCUT2D eigenvalue weighted by atomic mass is 35.5. The zero-order valence-electron chi connectivity index (χ0n) is 24.3. The largest absolute Gasteiger partial charge is 0.321 e. The maximum atomic E-state index is 13.5. The molecule has 4 aromatic carbocycles. The van der Waals surface area contributed by atoms with Crippen LogP contribution in [0.15, 0.2) is 102 Å². The van der Waals surface area contributed by atoms with E-state index in [0.717, 1.165) is 20.7 Å². The van der Waals surface area contributed by atoms with Gasteiger partial charge in [-0.1, -0.05) is 83.9 Å². The maximum Gasteiger partial charge on any atom is 0.272 e. The lowest BCUT2D eigenvalue weighted by Crippen LogP contribution is -2.30. The third kappa shape index (κ3) is 8.32. The number of amides is 3. The van der Waals surface area contributed by atoms with Crippen LogP contribution in [0.25, 0.3) is 16.3 Å². The number of nitrogens with one attached hydrogen (secondary N) is 3. The smallest absolute Gasteiger partial charge is 0.272 e. The van der Waals surface area contributed by atoms with Crippen molar-refractivity contribution in [1.29, 1.82) is 0 Å². The number of thiazole rings is 1. The Balaban J connectivity index is 1.32. The molecule has 45 heavy (non-hydrogen) atoms. The molecule has 0 aliphatic heterocycles. The molecule has 0 bridgehead atoms. The zero-order valence-corrected chi connectivity index (χ0v) is 27.4. The lowest BCUT2D eigenvalue weighted by molar-refractivity contribution is -0.116. The summed E-state index contributed by atoms with van der Waals surface area (Å²) in [5, 5.41) is 9.24. The summed E-state index contributed by atoms with van der Waals surface area (Å²) in [4.78, 5) is 45.0. The van der Waals surface area contributed by atoms with E-state index in [0.29, 0.717) is 33.4 Å². The molecular weight excluding hydrogens is 647 g/mol. The molecule has 0 aliphatic rings. The minimum atomic E-state index is -0.562. The van der Waals surface area contributed by atoms with Gasteiger partial charge in [-0.25, -0.2) is 4.98 Å². The summed E-state index contributed by atoms with van der Waals surface area (Å²) < 4.78 is 1.01. The molecule has 0 saturated heterocycles. The first kappa shape index (κ1) is 32.2. The molecule has 0 fully saturated rings. The summed E-state index contributed by atoms with van der Waals surface area (Å²) >= 11 is 15.4. The topological polar surface area (TPSA) is 100 Å². The molecule has 228 valence electrons. The summed E-state index contributed by atoms with van der Waals surface area (Å²) in [5.41, 5.74) is 3.29. The van der Waals surface area contributed by atoms with Crippen molar-refractivity contribution in [3.8, 4) is 0 Å². The van der Waals surface area contributed by atoms with Gasteiger partial charge < -0.3 is 16.0 Å². The number of aryl methyl sites for hydroxylation is 1. The number of nitrogens with zero attached hydrogens (tertiary/aromatic N) is 1. The number of hydrogen-bond acceptors (Lipinski definition) is 6. The molecule has 5 rings (SSSR count). The van der Waals surface area contributed by atoms with Crippen LogP contribution < -0.4 is 16.0 Å². The highest BCUT2D eigenvalue weighted by Crippen LogP contribution is 2.31. The van der Waals surface area contributed by atoms with Crippen LogP contribution in [0.5, 0.6) is 0 Å². The Morgan fingerprint density at radius 2 is 1.71 bits per heavy atom. The van der Waals surface area contributed by atoms with Gasteiger partial charge in [-0.3, -0.25) is 14.4 Å². The first-order valence-electron chi connectivity index (χ1n) is 14.0. The second-order valence-corrected chi connectivity index (χ2v) is 13.1. The van der Waals surface area contributed by atoms with E-state index in [9.17, 15) is 14.4 Å². The highest BCUT2D eigenvalue weighted by Gasteiger charge is 2.21. The molecule has 1 aromatic heterocycles. The van der Waals surface area contributed by atoms with Gasteiger partial charge in [0.25, 0.3) is 11.8 Å². The number of anilines is 2. The quantitative estimate of drug-likeness (QED) is 0.102. The Bertz CT molecular complexity index is 1910. The SMILES string of the molecule is CCC(Sc1cccc(NC(=O)/C(=C\c2cccc(Cl)c2Cl)NC(=O)c2ccccc2)c1)C(=O)Nc1nc2ccc(C)cc2s1. The van der Waals surface area contributed by atoms with E-state index in [1.807, 2.05) is 38.1 Å².